The second kappa shape index (κ2) is 5.30. The van der Waals surface area contributed by atoms with Gasteiger partial charge in [-0.25, -0.2) is 9.97 Å². The zero-order chi connectivity index (χ0) is 15.7. The summed E-state index contributed by atoms with van der Waals surface area (Å²) in [6.45, 7) is 0.207. The molecule has 22 heavy (non-hydrogen) atoms. The van der Waals surface area contributed by atoms with Crippen LogP contribution in [0.15, 0.2) is 41.1 Å². The van der Waals surface area contributed by atoms with Crippen LogP contribution in [0.25, 0.3) is 22.4 Å². The lowest BCUT2D eigenvalue weighted by Crippen LogP contribution is -2.16. The number of halogens is 3. The highest BCUT2D eigenvalue weighted by Gasteiger charge is 2.31. The Hall–Kier alpha value is -2.61. The summed E-state index contributed by atoms with van der Waals surface area (Å²) in [7, 11) is 0. The van der Waals surface area contributed by atoms with Crippen molar-refractivity contribution in [2.75, 3.05) is 0 Å². The predicted octanol–water partition coefficient (Wildman–Crippen LogP) is 3.25. The van der Waals surface area contributed by atoms with Gasteiger partial charge >= 0.3 is 6.36 Å². The first-order valence-corrected chi connectivity index (χ1v) is 6.25. The minimum atomic E-state index is -4.72. The predicted molar refractivity (Wildman–Crippen MR) is 71.8 cm³/mol. The first-order valence-electron chi connectivity index (χ1n) is 6.25. The molecule has 5 nitrogen and oxygen atoms in total. The lowest BCUT2D eigenvalue weighted by atomic mass is 10.0. The van der Waals surface area contributed by atoms with Crippen molar-refractivity contribution in [3.05, 3.63) is 42.4 Å². The molecular formula is C14H10F3N3O2. The van der Waals surface area contributed by atoms with Crippen molar-refractivity contribution < 1.29 is 22.3 Å². The molecule has 0 saturated carbocycles. The zero-order valence-electron chi connectivity index (χ0n) is 11.1. The third-order valence-corrected chi connectivity index (χ3v) is 2.97. The van der Waals surface area contributed by atoms with Crippen LogP contribution in [0.1, 0.15) is 5.69 Å². The van der Waals surface area contributed by atoms with Gasteiger partial charge in [-0.15, -0.1) is 13.2 Å². The fourth-order valence-electron chi connectivity index (χ4n) is 2.06. The van der Waals surface area contributed by atoms with Gasteiger partial charge in [0, 0.05) is 12.1 Å². The average molecular weight is 309 g/mol. The van der Waals surface area contributed by atoms with Crippen molar-refractivity contribution in [1.82, 2.24) is 9.97 Å². The molecule has 0 amide bonds. The summed E-state index contributed by atoms with van der Waals surface area (Å²) in [6, 6.07) is 7.20. The van der Waals surface area contributed by atoms with E-state index in [1.807, 2.05) is 0 Å². The van der Waals surface area contributed by atoms with Gasteiger partial charge in [-0.05, 0) is 23.8 Å². The summed E-state index contributed by atoms with van der Waals surface area (Å²) in [6.07, 6.45) is -3.47. The van der Waals surface area contributed by atoms with E-state index in [9.17, 15) is 13.2 Å². The van der Waals surface area contributed by atoms with Crippen molar-refractivity contribution in [3.8, 4) is 16.9 Å². The van der Waals surface area contributed by atoms with Crippen molar-refractivity contribution in [2.24, 2.45) is 5.73 Å². The summed E-state index contributed by atoms with van der Waals surface area (Å²) in [5.74, 6) is -0.291. The summed E-state index contributed by atoms with van der Waals surface area (Å²) >= 11 is 0. The molecule has 0 radical (unpaired) electrons. The quantitative estimate of drug-likeness (QED) is 0.804. The molecule has 2 heterocycles. The maximum Gasteiger partial charge on any atom is 0.573 e. The van der Waals surface area contributed by atoms with Gasteiger partial charge in [-0.1, -0.05) is 12.1 Å². The maximum atomic E-state index is 12.2. The third-order valence-electron chi connectivity index (χ3n) is 2.97. The van der Waals surface area contributed by atoms with Gasteiger partial charge < -0.3 is 14.9 Å². The van der Waals surface area contributed by atoms with Crippen molar-refractivity contribution in [1.29, 1.82) is 0 Å². The molecule has 2 N–H and O–H groups in total. The highest BCUT2D eigenvalue weighted by molar-refractivity contribution is 5.88. The number of fused-ring (bicyclic) bond motifs is 1. The molecule has 0 fully saturated rings. The van der Waals surface area contributed by atoms with Crippen LogP contribution < -0.4 is 10.5 Å². The molecule has 2 aromatic heterocycles. The van der Waals surface area contributed by atoms with Crippen LogP contribution >= 0.6 is 0 Å². The molecular weight excluding hydrogens is 299 g/mol. The van der Waals surface area contributed by atoms with Gasteiger partial charge in [0.05, 0.1) is 5.69 Å². The number of hydrogen-bond acceptors (Lipinski definition) is 5. The van der Waals surface area contributed by atoms with E-state index in [0.717, 1.165) is 0 Å². The lowest BCUT2D eigenvalue weighted by molar-refractivity contribution is -0.274. The van der Waals surface area contributed by atoms with E-state index < -0.39 is 6.36 Å². The number of ether oxygens (including phenoxy) is 1. The number of nitrogens with two attached hydrogens (primary N) is 1. The standard InChI is InChI=1S/C14H10F3N3O2/c15-14(16,17)22-10-3-1-8(2-4-10)11-5-9(6-18)20-13-12(11)19-7-21-13/h1-5,7H,6,18H2. The normalized spacial score (nSPS) is 11.8. The Bertz CT molecular complexity index is 797. The van der Waals surface area contributed by atoms with E-state index in [-0.39, 0.29) is 12.3 Å². The summed E-state index contributed by atoms with van der Waals surface area (Å²) in [4.78, 5) is 8.25. The zero-order valence-corrected chi connectivity index (χ0v) is 11.1. The van der Waals surface area contributed by atoms with Crippen LogP contribution in [0.2, 0.25) is 0 Å². The van der Waals surface area contributed by atoms with Crippen molar-refractivity contribution >= 4 is 11.2 Å². The molecule has 0 spiro atoms. The number of aromatic nitrogens is 2. The van der Waals surface area contributed by atoms with Crippen LogP contribution in [-0.2, 0) is 6.54 Å². The highest BCUT2D eigenvalue weighted by atomic mass is 19.4. The molecule has 0 aliphatic heterocycles. The molecule has 0 aliphatic rings. The first-order chi connectivity index (χ1) is 10.5. The molecule has 0 saturated heterocycles. The summed E-state index contributed by atoms with van der Waals surface area (Å²) in [5.41, 5.74) is 8.35. The molecule has 1 aromatic carbocycles. The number of alkyl halides is 3. The van der Waals surface area contributed by atoms with Crippen LogP contribution in [0.4, 0.5) is 13.2 Å². The highest BCUT2D eigenvalue weighted by Crippen LogP contribution is 2.30. The molecule has 114 valence electrons. The molecule has 0 aliphatic carbocycles. The van der Waals surface area contributed by atoms with E-state index >= 15 is 0 Å². The molecule has 0 atom stereocenters. The Morgan fingerprint density at radius 1 is 1.18 bits per heavy atom. The number of rotatable bonds is 3. The van der Waals surface area contributed by atoms with Gasteiger partial charge in [0.25, 0.3) is 0 Å². The van der Waals surface area contributed by atoms with Crippen LogP contribution in [0, 0.1) is 0 Å². The van der Waals surface area contributed by atoms with E-state index in [1.165, 1.54) is 30.7 Å². The fraction of sp³-hybridized carbons (Fsp3) is 0.143. The molecule has 3 aromatic rings. The van der Waals surface area contributed by atoms with E-state index in [4.69, 9.17) is 10.2 Å². The van der Waals surface area contributed by atoms with Crippen molar-refractivity contribution in [2.45, 2.75) is 12.9 Å². The Morgan fingerprint density at radius 2 is 1.91 bits per heavy atom. The van der Waals surface area contributed by atoms with E-state index in [0.29, 0.717) is 28.1 Å². The number of pyridine rings is 1. The average Bonchev–Trinajstić information content (AvgIpc) is 2.93. The Balaban J connectivity index is 2.02. The molecule has 8 heteroatoms. The van der Waals surface area contributed by atoms with Gasteiger partial charge in [0.15, 0.2) is 6.39 Å². The monoisotopic (exact) mass is 309 g/mol. The van der Waals surface area contributed by atoms with E-state index in [1.54, 1.807) is 6.07 Å². The summed E-state index contributed by atoms with van der Waals surface area (Å²) in [5, 5.41) is 0. The Kier molecular flexibility index (Phi) is 3.45. The smallest absolute Gasteiger partial charge is 0.425 e. The van der Waals surface area contributed by atoms with E-state index in [2.05, 4.69) is 14.7 Å². The van der Waals surface area contributed by atoms with Crippen molar-refractivity contribution in [3.63, 3.8) is 0 Å². The van der Waals surface area contributed by atoms with Crippen LogP contribution in [-0.4, -0.2) is 16.3 Å². The molecule has 0 bridgehead atoms. The largest absolute Gasteiger partial charge is 0.573 e. The van der Waals surface area contributed by atoms with Gasteiger partial charge in [0.2, 0.25) is 5.71 Å². The molecule has 0 unspecified atom stereocenters. The second-order valence-corrected chi connectivity index (χ2v) is 4.44. The number of nitrogens with zero attached hydrogens (tertiary/aromatic N) is 2. The van der Waals surface area contributed by atoms with Crippen LogP contribution in [0.3, 0.4) is 0 Å². The van der Waals surface area contributed by atoms with Gasteiger partial charge in [-0.2, -0.15) is 0 Å². The van der Waals surface area contributed by atoms with Gasteiger partial charge in [0.1, 0.15) is 11.3 Å². The SMILES string of the molecule is NCc1cc(-c2ccc(OC(F)(F)F)cc2)c2ncoc2n1. The third kappa shape index (κ3) is 2.86. The Morgan fingerprint density at radius 3 is 2.55 bits per heavy atom. The summed E-state index contributed by atoms with van der Waals surface area (Å²) < 4.78 is 45.5. The van der Waals surface area contributed by atoms with Crippen LogP contribution in [0.5, 0.6) is 5.75 Å². The number of hydrogen-bond donors (Lipinski definition) is 1. The minimum absolute atomic E-state index is 0.207. The topological polar surface area (TPSA) is 74.2 Å². The Labute approximate surface area is 122 Å². The first kappa shape index (κ1) is 14.3. The second-order valence-electron chi connectivity index (χ2n) is 4.44. The lowest BCUT2D eigenvalue weighted by Gasteiger charge is -2.09. The molecule has 3 rings (SSSR count). The number of oxazole rings is 1. The van der Waals surface area contributed by atoms with Gasteiger partial charge in [-0.3, -0.25) is 0 Å². The number of benzene rings is 1. The fourth-order valence-corrected chi connectivity index (χ4v) is 2.06. The maximum absolute atomic E-state index is 12.2. The minimum Gasteiger partial charge on any atom is -0.425 e.